The molecule has 0 aliphatic rings. The Bertz CT molecular complexity index is 1100. The molecule has 0 aliphatic heterocycles. The number of carbonyl (C=O) groups is 3. The van der Waals surface area contributed by atoms with Crippen LogP contribution in [-0.2, 0) is 9.47 Å². The van der Waals surface area contributed by atoms with Crippen molar-refractivity contribution >= 4 is 17.7 Å². The zero-order valence-corrected chi connectivity index (χ0v) is 17.1. The van der Waals surface area contributed by atoms with Crippen molar-refractivity contribution in [2.75, 3.05) is 13.7 Å². The van der Waals surface area contributed by atoms with E-state index in [1.54, 1.807) is 37.3 Å². The van der Waals surface area contributed by atoms with Gasteiger partial charge in [0.25, 0.3) is 0 Å². The van der Waals surface area contributed by atoms with E-state index < -0.39 is 18.5 Å². The highest BCUT2D eigenvalue weighted by atomic mass is 16.5. The van der Waals surface area contributed by atoms with E-state index in [1.807, 2.05) is 18.4 Å². The van der Waals surface area contributed by atoms with Crippen LogP contribution in [0.15, 0.2) is 42.7 Å². The number of ether oxygens (including phenoxy) is 2. The highest BCUT2D eigenvalue weighted by Crippen LogP contribution is 2.22. The Balaban J connectivity index is 1.76. The number of nitrogens with zero attached hydrogens (tertiary/aromatic N) is 3. The number of aryl methyl sites for hydroxylation is 2. The van der Waals surface area contributed by atoms with Gasteiger partial charge in [0.1, 0.15) is 0 Å². The van der Waals surface area contributed by atoms with E-state index in [4.69, 9.17) is 9.47 Å². The van der Waals surface area contributed by atoms with E-state index in [0.29, 0.717) is 22.5 Å². The number of benzene rings is 1. The van der Waals surface area contributed by atoms with Crippen molar-refractivity contribution in [3.05, 3.63) is 76.6 Å². The third-order valence-electron chi connectivity index (χ3n) is 4.60. The van der Waals surface area contributed by atoms with Gasteiger partial charge in [0, 0.05) is 28.8 Å². The second-order valence-electron chi connectivity index (χ2n) is 6.70. The summed E-state index contributed by atoms with van der Waals surface area (Å²) in [6.45, 7) is 5.03. The van der Waals surface area contributed by atoms with E-state index in [9.17, 15) is 14.4 Å². The molecule has 30 heavy (non-hydrogen) atoms. The fourth-order valence-electron chi connectivity index (χ4n) is 3.09. The predicted molar refractivity (Wildman–Crippen MR) is 108 cm³/mol. The number of methoxy groups -OCH3 is 1. The van der Waals surface area contributed by atoms with Gasteiger partial charge in [-0.05, 0) is 51.1 Å². The number of rotatable bonds is 6. The fourth-order valence-corrected chi connectivity index (χ4v) is 3.09. The Morgan fingerprint density at radius 2 is 1.67 bits per heavy atom. The van der Waals surface area contributed by atoms with Crippen LogP contribution in [0.1, 0.15) is 48.3 Å². The molecule has 3 rings (SSSR count). The summed E-state index contributed by atoms with van der Waals surface area (Å²) in [5.41, 5.74) is 3.94. The molecule has 2 heterocycles. The third kappa shape index (κ3) is 4.27. The predicted octanol–water partition coefficient (Wildman–Crippen LogP) is 3.02. The molecule has 0 aliphatic carbocycles. The van der Waals surface area contributed by atoms with Crippen LogP contribution >= 0.6 is 0 Å². The number of esters is 2. The summed E-state index contributed by atoms with van der Waals surface area (Å²) in [6.07, 6.45) is 2.77. The van der Waals surface area contributed by atoms with Gasteiger partial charge in [-0.2, -0.15) is 0 Å². The van der Waals surface area contributed by atoms with Crippen LogP contribution in [0, 0.1) is 20.8 Å². The molecule has 0 unspecified atom stereocenters. The van der Waals surface area contributed by atoms with Crippen molar-refractivity contribution in [3.8, 4) is 5.69 Å². The lowest BCUT2D eigenvalue weighted by molar-refractivity contribution is 0.0468. The van der Waals surface area contributed by atoms with Gasteiger partial charge in [-0.25, -0.2) is 14.6 Å². The monoisotopic (exact) mass is 407 g/mol. The molecule has 0 fully saturated rings. The molecule has 0 saturated carbocycles. The second-order valence-corrected chi connectivity index (χ2v) is 6.70. The molecule has 0 atom stereocenters. The van der Waals surface area contributed by atoms with Gasteiger partial charge in [0.15, 0.2) is 12.3 Å². The van der Waals surface area contributed by atoms with E-state index in [1.165, 1.54) is 19.5 Å². The number of ketones is 1. The van der Waals surface area contributed by atoms with Crippen molar-refractivity contribution < 1.29 is 23.9 Å². The summed E-state index contributed by atoms with van der Waals surface area (Å²) in [7, 11) is 1.33. The standard InChI is InChI=1S/C22H21N3O5/c1-13-10-24-19(11-23-13)22(28)30-12-20(26)18-9-14(2)25(15(18)3)17-7-5-16(6-8-17)21(27)29-4/h5-11H,12H2,1-4H3. The number of Topliss-reactive ketones (excluding diaryl/α,β-unsaturated/α-hetero) is 1. The van der Waals surface area contributed by atoms with Crippen LogP contribution in [0.25, 0.3) is 5.69 Å². The average Bonchev–Trinajstić information content (AvgIpc) is 3.05. The van der Waals surface area contributed by atoms with Gasteiger partial charge in [0.05, 0.1) is 24.6 Å². The molecule has 2 aromatic heterocycles. The van der Waals surface area contributed by atoms with Crippen LogP contribution in [0.5, 0.6) is 0 Å². The number of aromatic nitrogens is 3. The van der Waals surface area contributed by atoms with Crippen LogP contribution in [0.2, 0.25) is 0 Å². The zero-order valence-electron chi connectivity index (χ0n) is 17.1. The van der Waals surface area contributed by atoms with Crippen molar-refractivity contribution in [1.82, 2.24) is 14.5 Å². The second kappa shape index (κ2) is 8.69. The smallest absolute Gasteiger partial charge is 0.358 e. The highest BCUT2D eigenvalue weighted by molar-refractivity contribution is 6.00. The normalized spacial score (nSPS) is 10.5. The molecule has 0 radical (unpaired) electrons. The van der Waals surface area contributed by atoms with Crippen LogP contribution in [-0.4, -0.2) is 46.0 Å². The molecular weight excluding hydrogens is 386 g/mol. The maximum absolute atomic E-state index is 12.6. The fraction of sp³-hybridized carbons (Fsp3) is 0.227. The minimum absolute atomic E-state index is 0.0459. The summed E-state index contributed by atoms with van der Waals surface area (Å²) in [4.78, 5) is 44.3. The molecular formula is C22H21N3O5. The Morgan fingerprint density at radius 1 is 0.967 bits per heavy atom. The summed E-state index contributed by atoms with van der Waals surface area (Å²) >= 11 is 0. The van der Waals surface area contributed by atoms with E-state index >= 15 is 0 Å². The summed E-state index contributed by atoms with van der Waals surface area (Å²) in [5.74, 6) is -1.45. The molecule has 0 spiro atoms. The number of carbonyl (C=O) groups excluding carboxylic acids is 3. The average molecular weight is 407 g/mol. The first-order valence-corrected chi connectivity index (χ1v) is 9.18. The van der Waals surface area contributed by atoms with Crippen molar-refractivity contribution in [2.24, 2.45) is 0 Å². The Kier molecular flexibility index (Phi) is 6.06. The molecule has 8 heteroatoms. The molecule has 3 aromatic rings. The number of hydrogen-bond donors (Lipinski definition) is 0. The minimum atomic E-state index is -0.706. The van der Waals surface area contributed by atoms with E-state index in [0.717, 1.165) is 11.4 Å². The van der Waals surface area contributed by atoms with E-state index in [-0.39, 0.29) is 11.5 Å². The highest BCUT2D eigenvalue weighted by Gasteiger charge is 2.19. The van der Waals surface area contributed by atoms with Crippen molar-refractivity contribution in [3.63, 3.8) is 0 Å². The van der Waals surface area contributed by atoms with Gasteiger partial charge in [0.2, 0.25) is 5.78 Å². The van der Waals surface area contributed by atoms with Crippen LogP contribution in [0.3, 0.4) is 0 Å². The summed E-state index contributed by atoms with van der Waals surface area (Å²) < 4.78 is 11.7. The molecule has 154 valence electrons. The Morgan fingerprint density at radius 3 is 2.27 bits per heavy atom. The lowest BCUT2D eigenvalue weighted by atomic mass is 10.1. The third-order valence-corrected chi connectivity index (χ3v) is 4.60. The number of hydrogen-bond acceptors (Lipinski definition) is 7. The van der Waals surface area contributed by atoms with Crippen molar-refractivity contribution in [1.29, 1.82) is 0 Å². The summed E-state index contributed by atoms with van der Waals surface area (Å²) in [5, 5.41) is 0. The molecule has 0 N–H and O–H groups in total. The first kappa shape index (κ1) is 20.9. The molecule has 1 aromatic carbocycles. The van der Waals surface area contributed by atoms with Gasteiger partial charge in [-0.1, -0.05) is 0 Å². The Labute approximate surface area is 173 Å². The molecule has 0 bridgehead atoms. The van der Waals surface area contributed by atoms with E-state index in [2.05, 4.69) is 9.97 Å². The van der Waals surface area contributed by atoms with Gasteiger partial charge >= 0.3 is 11.9 Å². The maximum atomic E-state index is 12.6. The molecule has 0 amide bonds. The van der Waals surface area contributed by atoms with Gasteiger partial charge in [-0.15, -0.1) is 0 Å². The van der Waals surface area contributed by atoms with Crippen LogP contribution < -0.4 is 0 Å². The zero-order chi connectivity index (χ0) is 21.8. The topological polar surface area (TPSA) is 100 Å². The Hall–Kier alpha value is -3.81. The summed E-state index contributed by atoms with van der Waals surface area (Å²) in [6, 6.07) is 8.61. The largest absolute Gasteiger partial charge is 0.465 e. The quantitative estimate of drug-likeness (QED) is 0.457. The maximum Gasteiger partial charge on any atom is 0.358 e. The molecule has 8 nitrogen and oxygen atoms in total. The van der Waals surface area contributed by atoms with Crippen molar-refractivity contribution in [2.45, 2.75) is 20.8 Å². The lowest BCUT2D eigenvalue weighted by Crippen LogP contribution is -2.16. The van der Waals surface area contributed by atoms with Gasteiger partial charge in [-0.3, -0.25) is 9.78 Å². The first-order chi connectivity index (χ1) is 14.3. The van der Waals surface area contributed by atoms with Gasteiger partial charge < -0.3 is 14.0 Å². The minimum Gasteiger partial charge on any atom is -0.465 e. The molecule has 0 saturated heterocycles. The first-order valence-electron chi connectivity index (χ1n) is 9.18. The lowest BCUT2D eigenvalue weighted by Gasteiger charge is -2.10. The SMILES string of the molecule is COC(=O)c1ccc(-n2c(C)cc(C(=O)COC(=O)c3cnc(C)cn3)c2C)cc1. The van der Waals surface area contributed by atoms with Crippen LogP contribution in [0.4, 0.5) is 0 Å².